The van der Waals surface area contributed by atoms with Crippen LogP contribution in [-0.2, 0) is 26.9 Å². The van der Waals surface area contributed by atoms with E-state index in [0.717, 1.165) is 0 Å². The zero-order valence-corrected chi connectivity index (χ0v) is 16.2. The topological polar surface area (TPSA) is 113 Å². The number of amides is 2. The van der Waals surface area contributed by atoms with Crippen LogP contribution in [0.2, 0.25) is 0 Å². The quantitative estimate of drug-likeness (QED) is 0.251. The van der Waals surface area contributed by atoms with Crippen molar-refractivity contribution in [3.63, 3.8) is 0 Å². The molecule has 2 atom stereocenters. The van der Waals surface area contributed by atoms with Crippen LogP contribution >= 0.6 is 11.8 Å². The van der Waals surface area contributed by atoms with Crippen LogP contribution in [0.15, 0.2) is 17.6 Å². The molecule has 122 valence electrons. The van der Waals surface area contributed by atoms with Gasteiger partial charge in [0.25, 0.3) is 5.91 Å². The molecule has 0 aliphatic carbocycles. The summed E-state index contributed by atoms with van der Waals surface area (Å²) in [6.45, 7) is 0.299. The molecule has 23 heavy (non-hydrogen) atoms. The second-order valence-corrected chi connectivity index (χ2v) is 7.34. The maximum Gasteiger partial charge on any atom is 1.00 e. The number of aryl methyl sites for hydroxylation is 1. The van der Waals surface area contributed by atoms with E-state index in [4.69, 9.17) is 4.55 Å². The van der Waals surface area contributed by atoms with Gasteiger partial charge in [-0.05, 0) is 6.42 Å². The summed E-state index contributed by atoms with van der Waals surface area (Å²) in [6.07, 6.45) is 3.73. The van der Waals surface area contributed by atoms with Crippen molar-refractivity contribution < 1.29 is 53.5 Å². The number of likely N-dealkylation sites (tertiary alicyclic amines) is 1. The number of hydrogen-bond donors (Lipinski definition) is 1. The van der Waals surface area contributed by atoms with Gasteiger partial charge in [-0.15, -0.1) is 0 Å². The van der Waals surface area contributed by atoms with E-state index >= 15 is 0 Å². The fourth-order valence-corrected chi connectivity index (χ4v) is 4.51. The van der Waals surface area contributed by atoms with Crippen LogP contribution in [0, 0.1) is 0 Å². The van der Waals surface area contributed by atoms with E-state index in [9.17, 15) is 18.0 Å². The summed E-state index contributed by atoms with van der Waals surface area (Å²) in [4.78, 5) is 29.6. The third-order valence-electron chi connectivity index (χ3n) is 3.81. The van der Waals surface area contributed by atoms with E-state index in [0.29, 0.717) is 22.4 Å². The Morgan fingerprint density at radius 1 is 1.57 bits per heavy atom. The molecule has 2 aliphatic heterocycles. The second kappa shape index (κ2) is 6.73. The van der Waals surface area contributed by atoms with Gasteiger partial charge in [-0.3, -0.25) is 14.1 Å². The zero-order chi connectivity index (χ0) is 16.1. The molecule has 0 saturated carbocycles. The average Bonchev–Trinajstić information content (AvgIpc) is 2.98. The van der Waals surface area contributed by atoms with Crippen LogP contribution in [0.1, 0.15) is 7.85 Å². The van der Waals surface area contributed by atoms with E-state index in [1.165, 1.54) is 16.7 Å². The van der Waals surface area contributed by atoms with Gasteiger partial charge in [-0.1, -0.05) is 11.8 Å². The zero-order valence-electron chi connectivity index (χ0n) is 13.6. The first-order valence-electron chi connectivity index (χ1n) is 6.51. The minimum absolute atomic E-state index is 0. The van der Waals surface area contributed by atoms with Crippen LogP contribution < -0.4 is 29.6 Å². The van der Waals surface area contributed by atoms with Gasteiger partial charge in [0.05, 0.1) is 11.8 Å². The number of thioether (sulfide) groups is 1. The molecule has 1 aromatic heterocycles. The Morgan fingerprint density at radius 3 is 2.83 bits per heavy atom. The van der Waals surface area contributed by atoms with Crippen LogP contribution in [0.5, 0.6) is 0 Å². The molecule has 0 bridgehead atoms. The molecule has 12 heteroatoms. The van der Waals surface area contributed by atoms with Gasteiger partial charge in [-0.2, -0.15) is 8.42 Å². The first kappa shape index (κ1) is 18.7. The summed E-state index contributed by atoms with van der Waals surface area (Å²) < 4.78 is 33.4. The van der Waals surface area contributed by atoms with Crippen molar-refractivity contribution in [2.24, 2.45) is 7.05 Å². The van der Waals surface area contributed by atoms with Gasteiger partial charge in [0.1, 0.15) is 6.04 Å². The van der Waals surface area contributed by atoms with Crippen LogP contribution in [-0.4, -0.2) is 67.9 Å². The summed E-state index contributed by atoms with van der Waals surface area (Å²) in [5, 5.41) is 0.684. The smallest absolute Gasteiger partial charge is 1.00 e. The summed E-state index contributed by atoms with van der Waals surface area (Å²) in [6, 6.07) is -1.43. The molecule has 0 unspecified atom stereocenters. The Labute approximate surface area is 161 Å². The SMILES string of the molecule is Cn1ccnc1SCC(=O)N1CC[C@@H]2[C@H]1C(=O)N2S(=O)(=O)O.[H-].[Na+]. The van der Waals surface area contributed by atoms with Gasteiger partial charge in [0, 0.05) is 26.0 Å². The van der Waals surface area contributed by atoms with Gasteiger partial charge < -0.3 is 10.9 Å². The van der Waals surface area contributed by atoms with Crippen molar-refractivity contribution in [2.75, 3.05) is 12.3 Å². The van der Waals surface area contributed by atoms with E-state index in [1.54, 1.807) is 17.0 Å². The Hall–Kier alpha value is -0.590. The third-order valence-corrected chi connectivity index (χ3v) is 5.80. The third kappa shape index (κ3) is 3.30. The summed E-state index contributed by atoms with van der Waals surface area (Å²) in [7, 11) is -2.73. The predicted molar refractivity (Wildman–Crippen MR) is 77.3 cm³/mol. The largest absolute Gasteiger partial charge is 1.00 e. The molecule has 2 aliphatic rings. The van der Waals surface area contributed by atoms with Crippen LogP contribution in [0.25, 0.3) is 0 Å². The fourth-order valence-electron chi connectivity index (χ4n) is 2.80. The van der Waals surface area contributed by atoms with E-state index in [-0.39, 0.29) is 42.6 Å². The number of carbonyl (C=O) groups is 2. The standard InChI is InChI=1S/C11H14N4O5S2.Na.H/c1-13-5-3-12-11(13)21-6-8(16)14-4-2-7-9(14)10(17)15(7)22(18,19)20;;/h3,5,7,9H,2,4,6H2,1H3,(H,18,19,20);;/q;+1;-1/t7-,9+;;/m1../s1. The summed E-state index contributed by atoms with van der Waals surface area (Å²) in [5.74, 6) is -0.878. The molecule has 0 spiro atoms. The van der Waals surface area contributed by atoms with Gasteiger partial charge in [-0.25, -0.2) is 9.29 Å². The summed E-state index contributed by atoms with van der Waals surface area (Å²) in [5.41, 5.74) is 0. The normalized spacial score (nSPS) is 23.3. The Kier molecular flexibility index (Phi) is 5.48. The van der Waals surface area contributed by atoms with Crippen molar-refractivity contribution in [2.45, 2.75) is 23.7 Å². The molecule has 3 heterocycles. The Morgan fingerprint density at radius 2 is 2.26 bits per heavy atom. The number of rotatable bonds is 4. The van der Waals surface area contributed by atoms with Gasteiger partial charge >= 0.3 is 39.9 Å². The molecule has 1 N–H and O–H groups in total. The van der Waals surface area contributed by atoms with Crippen molar-refractivity contribution in [3.8, 4) is 0 Å². The Balaban J connectivity index is 0.00000144. The van der Waals surface area contributed by atoms with E-state index in [2.05, 4.69) is 4.98 Å². The fraction of sp³-hybridized carbons (Fsp3) is 0.545. The molecule has 9 nitrogen and oxygen atoms in total. The molecule has 2 fully saturated rings. The number of carbonyl (C=O) groups excluding carboxylic acids is 2. The van der Waals surface area contributed by atoms with Crippen molar-refractivity contribution >= 4 is 33.9 Å². The molecular formula is C11H15N4NaO5S2. The summed E-state index contributed by atoms with van der Waals surface area (Å²) >= 11 is 1.25. The first-order valence-corrected chi connectivity index (χ1v) is 8.89. The minimum atomic E-state index is -4.54. The molecule has 3 rings (SSSR count). The molecule has 0 aromatic carbocycles. The molecule has 1 aromatic rings. The van der Waals surface area contributed by atoms with Gasteiger partial charge in [0.2, 0.25) is 5.91 Å². The molecular weight excluding hydrogens is 355 g/mol. The number of fused-ring (bicyclic) bond motifs is 1. The average molecular weight is 370 g/mol. The molecule has 0 radical (unpaired) electrons. The van der Waals surface area contributed by atoms with Crippen molar-refractivity contribution in [1.29, 1.82) is 0 Å². The monoisotopic (exact) mass is 370 g/mol. The molecule has 2 saturated heterocycles. The van der Waals surface area contributed by atoms with Crippen LogP contribution in [0.4, 0.5) is 0 Å². The van der Waals surface area contributed by atoms with Gasteiger partial charge in [0.15, 0.2) is 5.16 Å². The van der Waals surface area contributed by atoms with E-state index in [1.807, 2.05) is 7.05 Å². The van der Waals surface area contributed by atoms with Crippen LogP contribution in [0.3, 0.4) is 0 Å². The Bertz CT molecular complexity index is 743. The van der Waals surface area contributed by atoms with Crippen molar-refractivity contribution in [1.82, 2.24) is 18.8 Å². The first-order chi connectivity index (χ1) is 10.3. The minimum Gasteiger partial charge on any atom is -1.00 e. The number of β-lactam (4-membered cyclic amide) rings is 1. The maximum absolute atomic E-state index is 12.2. The number of hydrogen-bond acceptors (Lipinski definition) is 6. The maximum atomic E-state index is 12.2. The van der Waals surface area contributed by atoms with E-state index < -0.39 is 28.3 Å². The number of nitrogens with zero attached hydrogens (tertiary/aromatic N) is 4. The second-order valence-electron chi connectivity index (χ2n) is 5.11. The number of aromatic nitrogens is 2. The predicted octanol–water partition coefficient (Wildman–Crippen LogP) is -3.76. The van der Waals surface area contributed by atoms with Crippen molar-refractivity contribution in [3.05, 3.63) is 12.4 Å². The number of imidazole rings is 1. The molecule has 2 amide bonds.